The van der Waals surface area contributed by atoms with Crippen LogP contribution in [0, 0.1) is 5.41 Å². The van der Waals surface area contributed by atoms with Crippen LogP contribution < -0.4 is 0 Å². The van der Waals surface area contributed by atoms with Crippen LogP contribution in [0.3, 0.4) is 0 Å². The third-order valence-electron chi connectivity index (χ3n) is 4.44. The first-order valence-corrected chi connectivity index (χ1v) is 7.18. The number of likely N-dealkylation sites (tertiary alicyclic amines) is 1. The molecule has 1 unspecified atom stereocenters. The lowest BCUT2D eigenvalue weighted by Crippen LogP contribution is -2.52. The standard InChI is InChI=1S/C15H19F3N2O2/c1-11(12-4-2-3-7-19-12)13(22)20-8-5-14(10-21,6-9-20)15(16,17)18/h2-4,7,11,21H,5-6,8-10H2,1H3. The third kappa shape index (κ3) is 3.09. The average molecular weight is 316 g/mol. The van der Waals surface area contributed by atoms with Crippen molar-refractivity contribution >= 4 is 5.91 Å². The van der Waals surface area contributed by atoms with Gasteiger partial charge in [-0.15, -0.1) is 0 Å². The third-order valence-corrected chi connectivity index (χ3v) is 4.44. The van der Waals surface area contributed by atoms with E-state index in [0.717, 1.165) is 0 Å². The molecule has 22 heavy (non-hydrogen) atoms. The topological polar surface area (TPSA) is 53.4 Å². The number of carbonyl (C=O) groups is 1. The number of piperidine rings is 1. The Morgan fingerprint density at radius 2 is 2.05 bits per heavy atom. The maximum absolute atomic E-state index is 13.1. The Kier molecular flexibility index (Phi) is 4.75. The first kappa shape index (κ1) is 16.7. The smallest absolute Gasteiger partial charge is 0.395 e. The molecular weight excluding hydrogens is 297 g/mol. The molecule has 0 radical (unpaired) electrons. The molecule has 0 spiro atoms. The van der Waals surface area contributed by atoms with Crippen molar-refractivity contribution in [3.63, 3.8) is 0 Å². The van der Waals surface area contributed by atoms with Gasteiger partial charge < -0.3 is 10.0 Å². The molecule has 1 aromatic rings. The summed E-state index contributed by atoms with van der Waals surface area (Å²) in [4.78, 5) is 17.9. The SMILES string of the molecule is CC(C(=O)N1CCC(CO)(C(F)(F)F)CC1)c1ccccn1. The molecule has 2 rings (SSSR count). The van der Waals surface area contributed by atoms with Gasteiger partial charge in [0.2, 0.25) is 5.91 Å². The van der Waals surface area contributed by atoms with Crippen LogP contribution in [0.1, 0.15) is 31.4 Å². The van der Waals surface area contributed by atoms with Crippen molar-refractivity contribution in [1.29, 1.82) is 0 Å². The summed E-state index contributed by atoms with van der Waals surface area (Å²) in [7, 11) is 0. The first-order valence-electron chi connectivity index (χ1n) is 7.18. The van der Waals surface area contributed by atoms with Gasteiger partial charge in [-0.3, -0.25) is 9.78 Å². The molecule has 0 saturated carbocycles. The maximum atomic E-state index is 13.1. The molecule has 1 fully saturated rings. The summed E-state index contributed by atoms with van der Waals surface area (Å²) in [6.07, 6.45) is -3.42. The second-order valence-corrected chi connectivity index (χ2v) is 5.74. The average Bonchev–Trinajstić information content (AvgIpc) is 2.53. The van der Waals surface area contributed by atoms with Crippen LogP contribution in [0.5, 0.6) is 0 Å². The van der Waals surface area contributed by atoms with Gasteiger partial charge in [0.1, 0.15) is 0 Å². The van der Waals surface area contributed by atoms with Gasteiger partial charge >= 0.3 is 6.18 Å². The molecule has 1 atom stereocenters. The van der Waals surface area contributed by atoms with Gasteiger partial charge in [-0.05, 0) is 31.9 Å². The predicted molar refractivity (Wildman–Crippen MR) is 74.0 cm³/mol. The van der Waals surface area contributed by atoms with Gasteiger partial charge in [-0.2, -0.15) is 13.2 Å². The summed E-state index contributed by atoms with van der Waals surface area (Å²) in [5, 5.41) is 9.16. The summed E-state index contributed by atoms with van der Waals surface area (Å²) in [5.41, 5.74) is -1.49. The van der Waals surface area contributed by atoms with E-state index in [0.29, 0.717) is 5.69 Å². The van der Waals surface area contributed by atoms with E-state index in [1.807, 2.05) is 0 Å². The number of aliphatic hydroxyl groups excluding tert-OH is 1. The molecule has 0 aromatic carbocycles. The molecule has 1 N–H and O–H groups in total. The highest BCUT2D eigenvalue weighted by atomic mass is 19.4. The molecule has 1 aliphatic heterocycles. The zero-order valence-electron chi connectivity index (χ0n) is 12.3. The van der Waals surface area contributed by atoms with E-state index >= 15 is 0 Å². The Hall–Kier alpha value is -1.63. The molecule has 4 nitrogen and oxygen atoms in total. The minimum absolute atomic E-state index is 0.00389. The molecule has 122 valence electrons. The molecule has 0 bridgehead atoms. The van der Waals surface area contributed by atoms with E-state index < -0.39 is 24.1 Å². The Labute approximate surface area is 127 Å². The van der Waals surface area contributed by atoms with Crippen LogP contribution in [-0.2, 0) is 4.79 Å². The van der Waals surface area contributed by atoms with E-state index in [1.165, 1.54) is 4.90 Å². The van der Waals surface area contributed by atoms with Crippen molar-refractivity contribution in [2.75, 3.05) is 19.7 Å². The van der Waals surface area contributed by atoms with Crippen LogP contribution in [-0.4, -0.2) is 46.8 Å². The number of hydrogen-bond acceptors (Lipinski definition) is 3. The quantitative estimate of drug-likeness (QED) is 0.931. The van der Waals surface area contributed by atoms with Crippen LogP contribution in [0.25, 0.3) is 0 Å². The van der Waals surface area contributed by atoms with Crippen molar-refractivity contribution in [1.82, 2.24) is 9.88 Å². The van der Waals surface area contributed by atoms with E-state index in [1.54, 1.807) is 31.3 Å². The molecule has 1 aromatic heterocycles. The van der Waals surface area contributed by atoms with Gasteiger partial charge in [0.15, 0.2) is 0 Å². The summed E-state index contributed by atoms with van der Waals surface area (Å²) >= 11 is 0. The second kappa shape index (κ2) is 6.24. The zero-order valence-corrected chi connectivity index (χ0v) is 12.3. The first-order chi connectivity index (χ1) is 10.3. The van der Waals surface area contributed by atoms with Crippen molar-refractivity contribution in [2.45, 2.75) is 31.9 Å². The number of rotatable bonds is 3. The van der Waals surface area contributed by atoms with Gasteiger partial charge in [0.05, 0.1) is 23.6 Å². The summed E-state index contributed by atoms with van der Waals surface area (Å²) in [5.74, 6) is -0.721. The monoisotopic (exact) mass is 316 g/mol. The number of aliphatic hydroxyl groups is 1. The fourth-order valence-corrected chi connectivity index (χ4v) is 2.72. The number of halogens is 3. The fourth-order valence-electron chi connectivity index (χ4n) is 2.72. The Morgan fingerprint density at radius 1 is 1.41 bits per heavy atom. The van der Waals surface area contributed by atoms with E-state index in [-0.39, 0.29) is 31.8 Å². The van der Waals surface area contributed by atoms with Crippen LogP contribution in [0.2, 0.25) is 0 Å². The number of amides is 1. The molecule has 1 aliphatic rings. The predicted octanol–water partition coefficient (Wildman–Crippen LogP) is 2.35. The number of alkyl halides is 3. The fraction of sp³-hybridized carbons (Fsp3) is 0.600. The van der Waals surface area contributed by atoms with Crippen LogP contribution >= 0.6 is 0 Å². The lowest BCUT2D eigenvalue weighted by molar-refractivity contribution is -0.248. The Bertz CT molecular complexity index is 511. The number of hydrogen-bond donors (Lipinski definition) is 1. The molecule has 2 heterocycles. The van der Waals surface area contributed by atoms with Crippen LogP contribution in [0.4, 0.5) is 13.2 Å². The second-order valence-electron chi connectivity index (χ2n) is 5.74. The Morgan fingerprint density at radius 3 is 2.50 bits per heavy atom. The lowest BCUT2D eigenvalue weighted by atomic mass is 9.78. The van der Waals surface area contributed by atoms with Gasteiger partial charge in [0.25, 0.3) is 0 Å². The Balaban J connectivity index is 2.04. The van der Waals surface area contributed by atoms with E-state index in [4.69, 9.17) is 5.11 Å². The van der Waals surface area contributed by atoms with E-state index in [9.17, 15) is 18.0 Å². The number of aromatic nitrogens is 1. The maximum Gasteiger partial charge on any atom is 0.396 e. The summed E-state index contributed by atoms with van der Waals surface area (Å²) in [6, 6.07) is 5.23. The highest BCUT2D eigenvalue weighted by Crippen LogP contribution is 2.46. The summed E-state index contributed by atoms with van der Waals surface area (Å²) in [6.45, 7) is 0.753. The largest absolute Gasteiger partial charge is 0.396 e. The molecule has 0 aliphatic carbocycles. The molecule has 1 saturated heterocycles. The highest BCUT2D eigenvalue weighted by molar-refractivity contribution is 5.82. The van der Waals surface area contributed by atoms with Gasteiger partial charge in [-0.25, -0.2) is 0 Å². The van der Waals surface area contributed by atoms with Crippen molar-refractivity contribution < 1.29 is 23.1 Å². The normalized spacial score (nSPS) is 19.8. The lowest BCUT2D eigenvalue weighted by Gasteiger charge is -2.42. The minimum atomic E-state index is -4.45. The number of nitrogens with zero attached hydrogens (tertiary/aromatic N) is 2. The zero-order chi connectivity index (χ0) is 16.4. The molecular formula is C15H19F3N2O2. The summed E-state index contributed by atoms with van der Waals surface area (Å²) < 4.78 is 39.2. The van der Waals surface area contributed by atoms with Crippen molar-refractivity contribution in [2.24, 2.45) is 5.41 Å². The number of carbonyl (C=O) groups excluding carboxylic acids is 1. The highest BCUT2D eigenvalue weighted by Gasteiger charge is 2.55. The van der Waals surface area contributed by atoms with Gasteiger partial charge in [0, 0.05) is 19.3 Å². The molecule has 1 amide bonds. The number of pyridine rings is 1. The van der Waals surface area contributed by atoms with Crippen molar-refractivity contribution in [3.05, 3.63) is 30.1 Å². The van der Waals surface area contributed by atoms with Crippen molar-refractivity contribution in [3.8, 4) is 0 Å². The molecule has 7 heteroatoms. The van der Waals surface area contributed by atoms with Gasteiger partial charge in [-0.1, -0.05) is 6.07 Å². The van der Waals surface area contributed by atoms with Crippen LogP contribution in [0.15, 0.2) is 24.4 Å². The minimum Gasteiger partial charge on any atom is -0.395 e. The van der Waals surface area contributed by atoms with E-state index in [2.05, 4.69) is 4.98 Å².